The number of benzene rings is 2. The Hall–Kier alpha value is -3.45. The molecule has 0 unspecified atom stereocenters. The molecule has 1 amide bonds. The maximum Gasteiger partial charge on any atom is 0.236 e. The molecule has 0 bridgehead atoms. The van der Waals surface area contributed by atoms with Gasteiger partial charge in [0, 0.05) is 63.4 Å². The Morgan fingerprint density at radius 1 is 0.969 bits per heavy atom. The molecule has 2 heterocycles. The molecule has 3 aromatic rings. The minimum atomic E-state index is -0.0781. The van der Waals surface area contributed by atoms with Gasteiger partial charge in [-0.15, -0.1) is 0 Å². The summed E-state index contributed by atoms with van der Waals surface area (Å²) in [6, 6.07) is 16.6. The number of nitrogens with zero attached hydrogens (tertiary/aromatic N) is 5. The quantitative estimate of drug-likeness (QED) is 0.648. The number of anilines is 2. The van der Waals surface area contributed by atoms with Crippen molar-refractivity contribution in [1.29, 1.82) is 0 Å². The number of aryl methyl sites for hydroxylation is 1. The third kappa shape index (κ3) is 4.89. The normalized spacial score (nSPS) is 13.8. The molecule has 7 nitrogen and oxygen atoms in total. The molecule has 1 aliphatic heterocycles. The summed E-state index contributed by atoms with van der Waals surface area (Å²) in [4.78, 5) is 27.3. The predicted octanol–water partition coefficient (Wildman–Crippen LogP) is 2.70. The van der Waals surface area contributed by atoms with Crippen LogP contribution in [0, 0.1) is 6.92 Å². The molecule has 0 aliphatic carbocycles. The highest BCUT2D eigenvalue weighted by Gasteiger charge is 2.20. The van der Waals surface area contributed by atoms with Crippen LogP contribution < -0.4 is 15.5 Å². The van der Waals surface area contributed by atoms with Crippen molar-refractivity contribution in [3.63, 3.8) is 0 Å². The first-order chi connectivity index (χ1) is 15.5. The van der Waals surface area contributed by atoms with Gasteiger partial charge in [0.1, 0.15) is 0 Å². The van der Waals surface area contributed by atoms with Gasteiger partial charge in [-0.2, -0.15) is 0 Å². The summed E-state index contributed by atoms with van der Waals surface area (Å²) in [6.07, 6.45) is 3.76. The Bertz CT molecular complexity index is 1060. The van der Waals surface area contributed by atoms with Gasteiger partial charge in [-0.1, -0.05) is 36.4 Å². The summed E-state index contributed by atoms with van der Waals surface area (Å²) in [6.45, 7) is 6.39. The molecule has 32 heavy (non-hydrogen) atoms. The van der Waals surface area contributed by atoms with Gasteiger partial charge in [-0.05, 0) is 35.7 Å². The molecule has 0 saturated carbocycles. The van der Waals surface area contributed by atoms with Crippen LogP contribution in [0.25, 0.3) is 11.1 Å². The van der Waals surface area contributed by atoms with Crippen LogP contribution in [0.3, 0.4) is 0 Å². The Morgan fingerprint density at radius 2 is 1.66 bits per heavy atom. The number of rotatable bonds is 6. The van der Waals surface area contributed by atoms with Crippen molar-refractivity contribution >= 4 is 17.5 Å². The van der Waals surface area contributed by atoms with E-state index in [-0.39, 0.29) is 12.5 Å². The van der Waals surface area contributed by atoms with E-state index in [1.807, 2.05) is 30.6 Å². The summed E-state index contributed by atoms with van der Waals surface area (Å²) in [5.41, 5.74) is 11.1. The van der Waals surface area contributed by atoms with Gasteiger partial charge in [0.15, 0.2) is 0 Å². The van der Waals surface area contributed by atoms with Crippen molar-refractivity contribution in [1.82, 2.24) is 14.9 Å². The van der Waals surface area contributed by atoms with Gasteiger partial charge in [-0.25, -0.2) is 9.97 Å². The van der Waals surface area contributed by atoms with E-state index in [0.29, 0.717) is 6.54 Å². The SMILES string of the molecule is Cc1ccccc1N1CCN(c2ncc(-c3cccc(CN(C)C(=O)CN)c3)cn2)CC1. The Balaban J connectivity index is 1.40. The molecule has 1 aromatic heterocycles. The van der Waals surface area contributed by atoms with Crippen LogP contribution in [-0.4, -0.2) is 60.5 Å². The Kier molecular flexibility index (Phi) is 6.66. The standard InChI is InChI=1S/C25H30N6O/c1-19-6-3-4-9-23(19)30-10-12-31(13-11-30)25-27-16-22(17-28-25)21-8-5-7-20(14-21)18-29(2)24(32)15-26/h3-9,14,16-17H,10-13,15,18,26H2,1-2H3. The molecule has 7 heteroatoms. The first kappa shape index (κ1) is 21.8. The van der Waals surface area contributed by atoms with Crippen molar-refractivity contribution < 1.29 is 4.79 Å². The van der Waals surface area contributed by atoms with Crippen molar-refractivity contribution in [2.45, 2.75) is 13.5 Å². The number of hydrogen-bond acceptors (Lipinski definition) is 6. The molecule has 0 spiro atoms. The minimum absolute atomic E-state index is 0.0186. The minimum Gasteiger partial charge on any atom is -0.368 e. The topological polar surface area (TPSA) is 78.6 Å². The second-order valence-corrected chi connectivity index (χ2v) is 8.19. The largest absolute Gasteiger partial charge is 0.368 e. The van der Waals surface area contributed by atoms with Crippen LogP contribution in [0.2, 0.25) is 0 Å². The third-order valence-electron chi connectivity index (χ3n) is 5.94. The van der Waals surface area contributed by atoms with Crippen molar-refractivity contribution in [2.75, 3.05) is 49.6 Å². The first-order valence-corrected chi connectivity index (χ1v) is 11.0. The Morgan fingerprint density at radius 3 is 2.34 bits per heavy atom. The zero-order chi connectivity index (χ0) is 22.5. The molecule has 166 valence electrons. The van der Waals surface area contributed by atoms with Crippen LogP contribution in [0.4, 0.5) is 11.6 Å². The lowest BCUT2D eigenvalue weighted by Crippen LogP contribution is -2.47. The van der Waals surface area contributed by atoms with Gasteiger partial charge < -0.3 is 20.4 Å². The lowest BCUT2D eigenvalue weighted by molar-refractivity contribution is -0.128. The fourth-order valence-electron chi connectivity index (χ4n) is 4.07. The lowest BCUT2D eigenvalue weighted by Gasteiger charge is -2.36. The molecule has 2 aromatic carbocycles. The average Bonchev–Trinajstić information content (AvgIpc) is 2.84. The number of carbonyl (C=O) groups excluding carboxylic acids is 1. The maximum atomic E-state index is 11.7. The molecule has 1 aliphatic rings. The molecule has 1 fully saturated rings. The molecule has 2 N–H and O–H groups in total. The number of likely N-dealkylation sites (N-methyl/N-ethyl adjacent to an activating group) is 1. The molecular weight excluding hydrogens is 400 g/mol. The molecular formula is C25H30N6O. The lowest BCUT2D eigenvalue weighted by atomic mass is 10.1. The summed E-state index contributed by atoms with van der Waals surface area (Å²) in [5, 5.41) is 0. The van der Waals surface area contributed by atoms with Gasteiger partial charge in [0.25, 0.3) is 0 Å². The summed E-state index contributed by atoms with van der Waals surface area (Å²) in [7, 11) is 1.76. The van der Waals surface area contributed by atoms with E-state index in [1.165, 1.54) is 11.3 Å². The number of carbonyl (C=O) groups is 1. The first-order valence-electron chi connectivity index (χ1n) is 11.0. The van der Waals surface area contributed by atoms with Gasteiger partial charge in [0.2, 0.25) is 11.9 Å². The highest BCUT2D eigenvalue weighted by Crippen LogP contribution is 2.24. The summed E-state index contributed by atoms with van der Waals surface area (Å²) < 4.78 is 0. The van der Waals surface area contributed by atoms with E-state index >= 15 is 0 Å². The fraction of sp³-hybridized carbons (Fsp3) is 0.320. The van der Waals surface area contributed by atoms with Crippen LogP contribution >= 0.6 is 0 Å². The zero-order valence-corrected chi connectivity index (χ0v) is 18.7. The zero-order valence-electron chi connectivity index (χ0n) is 18.7. The fourth-order valence-corrected chi connectivity index (χ4v) is 4.07. The van der Waals surface area contributed by atoms with E-state index in [9.17, 15) is 4.79 Å². The van der Waals surface area contributed by atoms with E-state index < -0.39 is 0 Å². The number of nitrogens with two attached hydrogens (primary N) is 1. The number of aromatic nitrogens is 2. The molecule has 0 radical (unpaired) electrons. The highest BCUT2D eigenvalue weighted by atomic mass is 16.2. The Labute approximate surface area is 189 Å². The van der Waals surface area contributed by atoms with E-state index in [0.717, 1.165) is 48.8 Å². The van der Waals surface area contributed by atoms with Crippen LogP contribution in [-0.2, 0) is 11.3 Å². The smallest absolute Gasteiger partial charge is 0.236 e. The van der Waals surface area contributed by atoms with E-state index in [1.54, 1.807) is 11.9 Å². The second-order valence-electron chi connectivity index (χ2n) is 8.19. The van der Waals surface area contributed by atoms with Crippen molar-refractivity contribution in [3.05, 3.63) is 72.1 Å². The molecule has 0 atom stereocenters. The van der Waals surface area contributed by atoms with Crippen molar-refractivity contribution in [3.8, 4) is 11.1 Å². The monoisotopic (exact) mass is 430 g/mol. The molecule has 1 saturated heterocycles. The highest BCUT2D eigenvalue weighted by molar-refractivity contribution is 5.77. The maximum absolute atomic E-state index is 11.7. The van der Waals surface area contributed by atoms with E-state index in [4.69, 9.17) is 5.73 Å². The number of hydrogen-bond donors (Lipinski definition) is 1. The van der Waals surface area contributed by atoms with Crippen molar-refractivity contribution in [2.24, 2.45) is 5.73 Å². The summed E-state index contributed by atoms with van der Waals surface area (Å²) in [5.74, 6) is 0.688. The average molecular weight is 431 g/mol. The van der Waals surface area contributed by atoms with Crippen LogP contribution in [0.1, 0.15) is 11.1 Å². The van der Waals surface area contributed by atoms with Crippen LogP contribution in [0.5, 0.6) is 0 Å². The van der Waals surface area contributed by atoms with Crippen LogP contribution in [0.15, 0.2) is 60.9 Å². The summed E-state index contributed by atoms with van der Waals surface area (Å²) >= 11 is 0. The van der Waals surface area contributed by atoms with Gasteiger partial charge in [-0.3, -0.25) is 4.79 Å². The van der Waals surface area contributed by atoms with Gasteiger partial charge in [0.05, 0.1) is 6.54 Å². The number of piperazine rings is 1. The van der Waals surface area contributed by atoms with E-state index in [2.05, 4.69) is 57.0 Å². The van der Waals surface area contributed by atoms with Gasteiger partial charge >= 0.3 is 0 Å². The third-order valence-corrected chi connectivity index (χ3v) is 5.94. The number of para-hydroxylation sites is 1. The molecule has 4 rings (SSSR count). The predicted molar refractivity (Wildman–Crippen MR) is 129 cm³/mol. The number of amides is 1. The second kappa shape index (κ2) is 9.78.